The van der Waals surface area contributed by atoms with E-state index in [-0.39, 0.29) is 19.5 Å². The van der Waals surface area contributed by atoms with E-state index in [1.165, 1.54) is 0 Å². The average Bonchev–Trinajstić information content (AvgIpc) is 1.57. The monoisotopic (exact) mass is 1940 g/mol. The van der Waals surface area contributed by atoms with Gasteiger partial charge in [-0.1, -0.05) is 485 Å². The molecule has 8 bridgehead atoms. The van der Waals surface area contributed by atoms with Crippen LogP contribution in [0.2, 0.25) is 0 Å². The van der Waals surface area contributed by atoms with E-state index in [1.807, 2.05) is 0 Å². The van der Waals surface area contributed by atoms with Crippen LogP contribution in [-0.4, -0.2) is 49.5 Å². The first-order valence-electron chi connectivity index (χ1n) is 49.7. The third-order valence-electron chi connectivity index (χ3n) is 26.3. The van der Waals surface area contributed by atoms with Gasteiger partial charge in [0.05, 0.1) is 45.5 Å². The first-order chi connectivity index (χ1) is 71.3. The van der Waals surface area contributed by atoms with Gasteiger partial charge in [-0.15, -0.1) is 0 Å². The number of fused-ring (bicyclic) bond motifs is 8. The predicted octanol–water partition coefficient (Wildman–Crippen LogP) is 26.4. The van der Waals surface area contributed by atoms with Gasteiger partial charge >= 0.3 is 19.5 Å². The average molecular weight is 1940 g/mol. The van der Waals surface area contributed by atoms with Gasteiger partial charge < -0.3 is 69.1 Å². The number of hydrogen-bond acceptors (Lipinski definition) is 14. The first-order valence-corrected chi connectivity index (χ1v) is 49.7. The summed E-state index contributed by atoms with van der Waals surface area (Å²) in [5, 5.41) is 0. The van der Waals surface area contributed by atoms with Crippen LogP contribution in [0.4, 0.5) is 22.7 Å². The second-order valence-corrected chi connectivity index (χ2v) is 36.9. The van der Waals surface area contributed by atoms with Crippen LogP contribution in [0.3, 0.4) is 0 Å². The molecule has 0 saturated heterocycles. The van der Waals surface area contributed by atoms with Crippen molar-refractivity contribution in [2.75, 3.05) is 19.6 Å². The van der Waals surface area contributed by atoms with Crippen LogP contribution in [0.5, 0.6) is 0 Å². The molecule has 0 aliphatic carbocycles. The van der Waals surface area contributed by atoms with Crippen LogP contribution in [-0.2, 0) is 124 Å². The number of aromatic nitrogens is 8. The van der Waals surface area contributed by atoms with Gasteiger partial charge in [-0.3, -0.25) is 0 Å². The molecule has 0 unspecified atom stereocenters. The van der Waals surface area contributed by atoms with Crippen LogP contribution in [0.15, 0.2) is 485 Å². The Kier molecular flexibility index (Phi) is 30.9. The number of hydrogen-bond donors (Lipinski definition) is 0. The van der Waals surface area contributed by atoms with Crippen molar-refractivity contribution < 1.29 is 19.5 Å². The fourth-order valence-corrected chi connectivity index (χ4v) is 19.6. The molecule has 145 heavy (non-hydrogen) atoms. The molecule has 2 aliphatic rings. The Balaban J connectivity index is 0.0000128. The van der Waals surface area contributed by atoms with E-state index in [4.69, 9.17) is 39.9 Å². The quantitative estimate of drug-likeness (QED) is 0.0337. The van der Waals surface area contributed by atoms with Crippen LogP contribution in [0.1, 0.15) is 112 Å². The number of benzene rings is 16. The molecular weight excluding hydrogens is 1830 g/mol. The Hall–Kier alpha value is -17.1. The van der Waals surface area contributed by atoms with Gasteiger partial charge in [-0.25, -0.2) is 9.97 Å². The van der Waals surface area contributed by atoms with Crippen molar-refractivity contribution in [3.63, 3.8) is 0 Å². The normalized spacial score (nSPS) is 11.6. The maximum Gasteiger partial charge on any atom is 2.00 e. The van der Waals surface area contributed by atoms with E-state index in [2.05, 4.69) is 525 Å². The van der Waals surface area contributed by atoms with Gasteiger partial charge in [0.15, 0.2) is 0 Å². The van der Waals surface area contributed by atoms with Gasteiger partial charge in [0.2, 0.25) is 0 Å². The molecule has 0 N–H and O–H groups in total. The van der Waals surface area contributed by atoms with E-state index in [0.29, 0.717) is 151 Å². The third kappa shape index (κ3) is 24.0. The van der Waals surface area contributed by atoms with Crippen LogP contribution < -0.4 is 29.6 Å². The molecule has 5 heterocycles. The zero-order valence-electron chi connectivity index (χ0n) is 81.4. The number of rotatable bonds is 40. The fraction of sp³-hybridized carbons (Fsp3) is 0.125. The Morgan fingerprint density at radius 2 is 0.221 bits per heavy atom. The van der Waals surface area contributed by atoms with Gasteiger partial charge in [-0.05, 0) is 89.0 Å². The van der Waals surface area contributed by atoms with Crippen molar-refractivity contribution in [1.82, 2.24) is 59.5 Å². The second-order valence-electron chi connectivity index (χ2n) is 36.9. The Morgan fingerprint density at radius 1 is 0.124 bits per heavy atom. The summed E-state index contributed by atoms with van der Waals surface area (Å²) >= 11 is 0. The zero-order valence-corrected chi connectivity index (χ0v) is 84.3. The minimum absolute atomic E-state index is 0. The van der Waals surface area contributed by atoms with E-state index < -0.39 is 0 Å². The van der Waals surface area contributed by atoms with Crippen LogP contribution in [0, 0.1) is 0 Å². The first kappa shape index (κ1) is 95.4. The molecule has 2 aliphatic heterocycles. The Labute approximate surface area is 862 Å². The molecule has 3 aromatic heterocycles. The summed E-state index contributed by atoms with van der Waals surface area (Å²) in [5.41, 5.74) is 24.6. The summed E-state index contributed by atoms with van der Waals surface area (Å²) in [4.78, 5) is 71.5. The maximum atomic E-state index is 6.53. The molecule has 16 nitrogen and oxygen atoms in total. The summed E-state index contributed by atoms with van der Waals surface area (Å²) < 4.78 is 0. The van der Waals surface area contributed by atoms with Gasteiger partial charge in [0.1, 0.15) is 23.3 Å². The topological polar surface area (TPSA) is 131 Å². The largest absolute Gasteiger partial charge is 2.00 e. The van der Waals surface area contributed by atoms with Crippen molar-refractivity contribution in [1.29, 1.82) is 0 Å². The summed E-state index contributed by atoms with van der Waals surface area (Å²) in [7, 11) is 0. The molecule has 0 fully saturated rings. The smallest absolute Gasteiger partial charge is 0.360 e. The van der Waals surface area contributed by atoms with E-state index in [1.54, 1.807) is 0 Å². The maximum absolute atomic E-state index is 6.53. The summed E-state index contributed by atoms with van der Waals surface area (Å²) in [6, 6.07) is 173. The van der Waals surface area contributed by atoms with Crippen molar-refractivity contribution in [3.05, 3.63) is 598 Å². The van der Waals surface area contributed by atoms with Gasteiger partial charge in [0, 0.05) is 127 Å². The minimum atomic E-state index is 0. The van der Waals surface area contributed by atoms with E-state index in [9.17, 15) is 0 Å². The Morgan fingerprint density at radius 3 is 0.324 bits per heavy atom. The van der Waals surface area contributed by atoms with E-state index in [0.717, 1.165) is 135 Å². The molecule has 19 aromatic rings. The van der Waals surface area contributed by atoms with Crippen LogP contribution >= 0.6 is 0 Å². The van der Waals surface area contributed by atoms with Crippen molar-refractivity contribution in [2.45, 2.75) is 105 Å². The van der Waals surface area contributed by atoms with Gasteiger partial charge in [-0.2, -0.15) is 0 Å². The van der Waals surface area contributed by atoms with Crippen molar-refractivity contribution in [2.24, 2.45) is 0 Å². The molecule has 0 spiro atoms. The molecular formula is C128H112N16Zn. The summed E-state index contributed by atoms with van der Waals surface area (Å²) in [5.74, 6) is 1.53. The molecule has 0 saturated carbocycles. The third-order valence-corrected chi connectivity index (χ3v) is 26.3. The second kappa shape index (κ2) is 47.0. The molecule has 0 amide bonds. The molecule has 706 valence electrons. The van der Waals surface area contributed by atoms with Crippen LogP contribution in [0.25, 0.3) is 45.4 Å². The fourth-order valence-electron chi connectivity index (χ4n) is 19.6. The minimum Gasteiger partial charge on any atom is -0.360 e. The summed E-state index contributed by atoms with van der Waals surface area (Å²) in [6.07, 6.45) is 0. The van der Waals surface area contributed by atoms with E-state index >= 15 is 0 Å². The SMILES string of the molecule is [Zn+2].c1ccc(CN(Cc2ccccc2)C2=C(N(Cc3ccccc3)Cc3ccccc3)c3nc2nc2[n-]c(nc4nc(nc5[n-]c(n3)c(N(Cc3ccccc3)Cc3ccccc3)c5N(Cc3ccccc3)Cc3ccccc3)C(N(Cc3ccccc3)Cc3ccccc3)=C4N(Cc3ccccc3)Cc3ccccc3)c(N(Cc3ccccc3)Cc3ccccc3)c2N(Cc2ccccc2)Cc2ccccc2)cc1. The standard InChI is InChI=1S/C128H112N16.Zn/c1-17-49-97(50-18-1)81-137(82-98-51-19-2-20-52-98)113-114(138(83-99-53-21-3-22-54-99)84-100-55-23-4-24-56-100)122-129-121(113)133-123-115(139(85-101-57-25-5-26-58-101)86-102-59-27-6-28-60-102)116(140(87-103-61-29-7-30-62-103)88-104-63-31-8-32-64-104)125(130-123)135-127-119(143(93-109-73-41-13-42-74-109)94-110-75-43-14-44-76-110)120(144(95-111-77-45-15-46-78-111)96-112-79-47-16-48-80-112)128(132-127)136-126-118(142(91-107-69-37-11-38-70-107)92-108-71-39-12-40-72-108)117(124(131-126)134-122)141(89-105-65-33-9-34-66-105)90-106-67-35-10-36-68-106;/h1-80H,81-96H2;/q-2;+2. The number of anilines is 4. The summed E-state index contributed by atoms with van der Waals surface area (Å²) in [6.45, 7) is 6.62. The molecule has 16 aromatic carbocycles. The van der Waals surface area contributed by atoms with Crippen molar-refractivity contribution >= 4 is 68.1 Å². The number of nitrogens with zero attached hydrogens (tertiary/aromatic N) is 16. The molecule has 0 atom stereocenters. The van der Waals surface area contributed by atoms with Gasteiger partial charge in [0.25, 0.3) is 0 Å². The molecule has 17 heteroatoms. The van der Waals surface area contributed by atoms with Crippen molar-refractivity contribution in [3.8, 4) is 0 Å². The Bertz CT molecular complexity index is 6380. The predicted molar refractivity (Wildman–Crippen MR) is 583 cm³/mol. The molecule has 21 rings (SSSR count). The molecule has 0 radical (unpaired) electrons. The zero-order chi connectivity index (χ0) is 96.6.